The summed E-state index contributed by atoms with van der Waals surface area (Å²) in [5, 5.41) is 14.7. The van der Waals surface area contributed by atoms with Crippen LogP contribution in [0.5, 0.6) is 0 Å². The first-order chi connectivity index (χ1) is 19.9. The van der Waals surface area contributed by atoms with Crippen LogP contribution in [0.2, 0.25) is 0 Å². The van der Waals surface area contributed by atoms with Gasteiger partial charge >= 0.3 is 6.09 Å². The van der Waals surface area contributed by atoms with E-state index in [0.29, 0.717) is 32.4 Å². The van der Waals surface area contributed by atoms with Gasteiger partial charge in [-0.25, -0.2) is 17.9 Å². The Labute approximate surface area is 251 Å². The maximum Gasteiger partial charge on any atom is 0.407 e. The molecule has 0 bridgehead atoms. The quantitative estimate of drug-likeness (QED) is 0.195. The minimum Gasteiger partial charge on any atom is -0.443 e. The first-order valence-corrected chi connectivity index (χ1v) is 16.7. The third kappa shape index (κ3) is 11.0. The Morgan fingerprint density at radius 3 is 2.62 bits per heavy atom. The number of ether oxygens (including phenoxy) is 4. The Hall–Kier alpha value is -1.80. The second-order valence-electron chi connectivity index (χ2n) is 12.4. The standard InChI is InChI=1S/C30H51N3O8S/c1-21(38-4)10-8-17-42(36,37)33-25(19-30(2,3)14-9-15-31)27(34)24(18-22-11-6-5-7-12-22)32-29(35)41-26-20-40-28-23(26)13-16-39-28/h5-7,11-12,21,23-28,33-34H,8-10,13-20,31H2,1-4H3,(H,32,35)/t21?,23-,24+,25?,26-,27-,28+/m1/s1. The van der Waals surface area contributed by atoms with Gasteiger partial charge in [-0.1, -0.05) is 44.2 Å². The SMILES string of the molecule is COC(C)CCCS(=O)(=O)NC(CC(C)(C)CCCN)[C@H](O)[C@H](Cc1ccccc1)NC(=O)O[C@@H]1CO[C@@H]2OCC[C@@H]21. The maximum absolute atomic E-state index is 13.2. The van der Waals surface area contributed by atoms with Gasteiger partial charge in [-0.3, -0.25) is 0 Å². The highest BCUT2D eigenvalue weighted by Gasteiger charge is 2.44. The van der Waals surface area contributed by atoms with Crippen molar-refractivity contribution in [3.05, 3.63) is 35.9 Å². The third-order valence-electron chi connectivity index (χ3n) is 8.26. The Balaban J connectivity index is 1.79. The van der Waals surface area contributed by atoms with Crippen LogP contribution < -0.4 is 15.8 Å². The zero-order valence-electron chi connectivity index (χ0n) is 25.5. The molecule has 2 saturated heterocycles. The number of benzene rings is 1. The van der Waals surface area contributed by atoms with Gasteiger partial charge in [0.15, 0.2) is 6.29 Å². The molecule has 0 aromatic heterocycles. The van der Waals surface area contributed by atoms with Crippen LogP contribution in [0.1, 0.15) is 64.9 Å². The number of hydrogen-bond donors (Lipinski definition) is 4. The average Bonchev–Trinajstić information content (AvgIpc) is 3.56. The summed E-state index contributed by atoms with van der Waals surface area (Å²) in [5.74, 6) is -0.130. The fourth-order valence-electron chi connectivity index (χ4n) is 5.75. The van der Waals surface area contributed by atoms with Crippen LogP contribution in [-0.4, -0.2) is 88.9 Å². The largest absolute Gasteiger partial charge is 0.443 e. The number of rotatable bonds is 18. The van der Waals surface area contributed by atoms with Crippen LogP contribution >= 0.6 is 0 Å². The summed E-state index contributed by atoms with van der Waals surface area (Å²) in [7, 11) is -2.16. The van der Waals surface area contributed by atoms with Crippen LogP contribution in [-0.2, 0) is 35.4 Å². The molecule has 1 amide bonds. The summed E-state index contributed by atoms with van der Waals surface area (Å²) in [6.45, 7) is 7.27. The van der Waals surface area contributed by atoms with Crippen LogP contribution in [0.15, 0.2) is 30.3 Å². The van der Waals surface area contributed by atoms with Gasteiger partial charge in [0.2, 0.25) is 10.0 Å². The van der Waals surface area contributed by atoms with Crippen molar-refractivity contribution < 1.29 is 37.3 Å². The summed E-state index contributed by atoms with van der Waals surface area (Å²) in [4.78, 5) is 13.2. The maximum atomic E-state index is 13.2. The summed E-state index contributed by atoms with van der Waals surface area (Å²) < 4.78 is 51.4. The van der Waals surface area contributed by atoms with E-state index in [-0.39, 0.29) is 42.5 Å². The fraction of sp³-hybridized carbons (Fsp3) is 0.767. The van der Waals surface area contributed by atoms with Gasteiger partial charge < -0.3 is 35.1 Å². The molecule has 1 aromatic rings. The number of sulfonamides is 1. The minimum atomic E-state index is -3.75. The van der Waals surface area contributed by atoms with Crippen molar-refractivity contribution in [3.8, 4) is 0 Å². The van der Waals surface area contributed by atoms with E-state index < -0.39 is 40.4 Å². The average molecular weight is 614 g/mol. The number of aliphatic hydroxyl groups is 1. The van der Waals surface area contributed by atoms with E-state index in [1.807, 2.05) is 51.1 Å². The molecule has 0 aliphatic carbocycles. The van der Waals surface area contributed by atoms with Gasteiger partial charge in [0.1, 0.15) is 6.10 Å². The van der Waals surface area contributed by atoms with Gasteiger partial charge in [0, 0.05) is 7.11 Å². The predicted molar refractivity (Wildman–Crippen MR) is 160 cm³/mol. The van der Waals surface area contributed by atoms with E-state index in [2.05, 4.69) is 10.0 Å². The smallest absolute Gasteiger partial charge is 0.407 e. The molecule has 2 aliphatic rings. The molecule has 0 spiro atoms. The molecule has 11 nitrogen and oxygen atoms in total. The van der Waals surface area contributed by atoms with Gasteiger partial charge in [-0.05, 0) is 69.4 Å². The van der Waals surface area contributed by atoms with Crippen molar-refractivity contribution in [1.29, 1.82) is 0 Å². The number of amides is 1. The molecule has 2 aliphatic heterocycles. The number of alkyl carbamates (subject to hydrolysis) is 1. The van der Waals surface area contributed by atoms with E-state index >= 15 is 0 Å². The van der Waals surface area contributed by atoms with Crippen molar-refractivity contribution in [3.63, 3.8) is 0 Å². The Bertz CT molecular complexity index is 1060. The number of fused-ring (bicyclic) bond motifs is 1. The molecular formula is C30H51N3O8S. The number of nitrogens with one attached hydrogen (secondary N) is 2. The molecule has 2 heterocycles. The van der Waals surface area contributed by atoms with Gasteiger partial charge in [-0.15, -0.1) is 0 Å². The second-order valence-corrected chi connectivity index (χ2v) is 14.3. The Kier molecular flexibility index (Phi) is 13.5. The summed E-state index contributed by atoms with van der Waals surface area (Å²) in [6, 6.07) is 7.76. The summed E-state index contributed by atoms with van der Waals surface area (Å²) >= 11 is 0. The van der Waals surface area contributed by atoms with Gasteiger partial charge in [-0.2, -0.15) is 0 Å². The molecule has 0 radical (unpaired) electrons. The lowest BCUT2D eigenvalue weighted by molar-refractivity contribution is -0.0907. The lowest BCUT2D eigenvalue weighted by atomic mass is 9.79. The molecular weight excluding hydrogens is 562 g/mol. The van der Waals surface area contributed by atoms with Crippen LogP contribution in [0.4, 0.5) is 4.79 Å². The van der Waals surface area contributed by atoms with Crippen molar-refractivity contribution in [2.24, 2.45) is 17.1 Å². The lowest BCUT2D eigenvalue weighted by Gasteiger charge is -2.36. The Morgan fingerprint density at radius 1 is 1.19 bits per heavy atom. The molecule has 5 N–H and O–H groups in total. The van der Waals surface area contributed by atoms with Crippen molar-refractivity contribution in [1.82, 2.24) is 10.0 Å². The van der Waals surface area contributed by atoms with Crippen LogP contribution in [0.3, 0.4) is 0 Å². The first kappa shape index (κ1) is 34.7. The van der Waals surface area contributed by atoms with Crippen LogP contribution in [0, 0.1) is 11.3 Å². The number of aliphatic hydroxyl groups excluding tert-OH is 1. The first-order valence-electron chi connectivity index (χ1n) is 15.1. The lowest BCUT2D eigenvalue weighted by Crippen LogP contribution is -2.56. The molecule has 42 heavy (non-hydrogen) atoms. The third-order valence-corrected chi connectivity index (χ3v) is 9.74. The molecule has 2 fully saturated rings. The molecule has 1 aromatic carbocycles. The van der Waals surface area contributed by atoms with Gasteiger partial charge in [0.05, 0.1) is 49.2 Å². The number of methoxy groups -OCH3 is 1. The van der Waals surface area contributed by atoms with Gasteiger partial charge in [0.25, 0.3) is 0 Å². The molecule has 240 valence electrons. The molecule has 0 saturated carbocycles. The molecule has 12 heteroatoms. The monoisotopic (exact) mass is 613 g/mol. The summed E-state index contributed by atoms with van der Waals surface area (Å²) in [5.41, 5.74) is 6.32. The minimum absolute atomic E-state index is 0.0306. The highest BCUT2D eigenvalue weighted by molar-refractivity contribution is 7.89. The van der Waals surface area contributed by atoms with Crippen molar-refractivity contribution >= 4 is 16.1 Å². The predicted octanol–water partition coefficient (Wildman–Crippen LogP) is 2.70. The van der Waals surface area contributed by atoms with E-state index in [0.717, 1.165) is 24.8 Å². The number of hydrogen-bond acceptors (Lipinski definition) is 9. The summed E-state index contributed by atoms with van der Waals surface area (Å²) in [6.07, 6.45) is 1.09. The zero-order valence-corrected chi connectivity index (χ0v) is 26.3. The van der Waals surface area contributed by atoms with E-state index in [1.54, 1.807) is 7.11 Å². The zero-order chi connectivity index (χ0) is 30.8. The Morgan fingerprint density at radius 2 is 1.93 bits per heavy atom. The highest BCUT2D eigenvalue weighted by Crippen LogP contribution is 2.33. The number of nitrogens with two attached hydrogens (primary N) is 1. The van der Waals surface area contributed by atoms with E-state index in [4.69, 9.17) is 24.7 Å². The number of carbonyl (C=O) groups excluding carboxylic acids is 1. The highest BCUT2D eigenvalue weighted by atomic mass is 32.2. The van der Waals surface area contributed by atoms with Crippen LogP contribution in [0.25, 0.3) is 0 Å². The topological polar surface area (TPSA) is 158 Å². The molecule has 3 rings (SSSR count). The van der Waals surface area contributed by atoms with E-state index in [9.17, 15) is 18.3 Å². The molecule has 2 unspecified atom stereocenters. The van der Waals surface area contributed by atoms with E-state index in [1.165, 1.54) is 0 Å². The van der Waals surface area contributed by atoms with Crippen molar-refractivity contribution in [2.45, 2.75) is 102 Å². The molecule has 7 atom stereocenters. The second kappa shape index (κ2) is 16.3. The number of carbonyl (C=O) groups is 1. The fourth-order valence-corrected chi connectivity index (χ4v) is 7.10. The normalized spacial score (nSPS) is 23.6. The van der Waals surface area contributed by atoms with Crippen molar-refractivity contribution in [2.75, 3.05) is 32.6 Å².